The van der Waals surface area contributed by atoms with E-state index < -0.39 is 18.1 Å². The minimum atomic E-state index is -1.01. The van der Waals surface area contributed by atoms with E-state index in [-0.39, 0.29) is 6.61 Å². The van der Waals surface area contributed by atoms with Gasteiger partial charge in [0.25, 0.3) is 0 Å². The van der Waals surface area contributed by atoms with Crippen molar-refractivity contribution in [3.63, 3.8) is 0 Å². The van der Waals surface area contributed by atoms with Crippen LogP contribution in [-0.2, 0) is 9.53 Å². The first kappa shape index (κ1) is 14.4. The molecule has 0 aliphatic heterocycles. The lowest BCUT2D eigenvalue weighted by Gasteiger charge is -2.07. The van der Waals surface area contributed by atoms with Crippen LogP contribution in [0.1, 0.15) is 19.3 Å². The number of aliphatic carboxylic acids is 1. The van der Waals surface area contributed by atoms with Crippen molar-refractivity contribution in [2.24, 2.45) is 5.73 Å². The summed E-state index contributed by atoms with van der Waals surface area (Å²) in [5.74, 6) is -1.01. The molecule has 0 spiro atoms. The van der Waals surface area contributed by atoms with Crippen molar-refractivity contribution < 1.29 is 19.4 Å². The smallest absolute Gasteiger partial charge is 0.407 e. The third-order valence-corrected chi connectivity index (χ3v) is 1.85. The summed E-state index contributed by atoms with van der Waals surface area (Å²) in [6.07, 6.45) is 2.65. The normalized spacial score (nSPS) is 11.6. The number of ether oxygens (including phenoxy) is 1. The van der Waals surface area contributed by atoms with E-state index in [0.29, 0.717) is 25.8 Å². The minimum Gasteiger partial charge on any atom is -0.480 e. The number of amides is 1. The highest BCUT2D eigenvalue weighted by Crippen LogP contribution is 1.99. The number of unbranched alkanes of at least 4 members (excludes halogenated alkanes) is 1. The fourth-order valence-corrected chi connectivity index (χ4v) is 0.961. The van der Waals surface area contributed by atoms with Crippen molar-refractivity contribution in [1.29, 1.82) is 0 Å². The molecule has 92 valence electrons. The van der Waals surface area contributed by atoms with Gasteiger partial charge in [-0.3, -0.25) is 4.79 Å². The van der Waals surface area contributed by atoms with Crippen molar-refractivity contribution in [2.45, 2.75) is 25.3 Å². The number of carboxylic acids is 1. The van der Waals surface area contributed by atoms with Crippen LogP contribution in [0.25, 0.3) is 0 Å². The van der Waals surface area contributed by atoms with Crippen LogP contribution in [0.3, 0.4) is 0 Å². The largest absolute Gasteiger partial charge is 0.480 e. The van der Waals surface area contributed by atoms with E-state index in [9.17, 15) is 9.59 Å². The molecule has 0 rings (SSSR count). The molecule has 0 aromatic rings. The second-order valence-electron chi connectivity index (χ2n) is 3.25. The quantitative estimate of drug-likeness (QED) is 0.416. The summed E-state index contributed by atoms with van der Waals surface area (Å²) in [5, 5.41) is 10.9. The number of hydrogen-bond donors (Lipinski definition) is 3. The van der Waals surface area contributed by atoms with Crippen LogP contribution in [0, 0.1) is 0 Å². The molecule has 0 aliphatic rings. The highest BCUT2D eigenvalue weighted by Gasteiger charge is 2.10. The summed E-state index contributed by atoms with van der Waals surface area (Å²) in [4.78, 5) is 21.3. The molecule has 4 N–H and O–H groups in total. The van der Waals surface area contributed by atoms with E-state index >= 15 is 0 Å². The predicted octanol–water partition coefficient (Wildman–Crippen LogP) is 0.481. The Hall–Kier alpha value is -1.56. The summed E-state index contributed by atoms with van der Waals surface area (Å²) in [6.45, 7) is 4.06. The molecule has 0 heterocycles. The fourth-order valence-electron chi connectivity index (χ4n) is 0.961. The Morgan fingerprint density at radius 3 is 2.75 bits per heavy atom. The van der Waals surface area contributed by atoms with E-state index in [1.54, 1.807) is 6.08 Å². The molecule has 0 radical (unpaired) electrons. The Labute approximate surface area is 94.5 Å². The number of carboxylic acid groups (broad SMARTS) is 1. The van der Waals surface area contributed by atoms with Gasteiger partial charge in [-0.2, -0.15) is 0 Å². The lowest BCUT2D eigenvalue weighted by Crippen LogP contribution is -2.30. The highest BCUT2D eigenvalue weighted by atomic mass is 16.5. The van der Waals surface area contributed by atoms with Gasteiger partial charge in [0, 0.05) is 6.54 Å². The van der Waals surface area contributed by atoms with E-state index in [1.807, 2.05) is 0 Å². The Morgan fingerprint density at radius 2 is 2.19 bits per heavy atom. The zero-order valence-electron chi connectivity index (χ0n) is 9.15. The second kappa shape index (κ2) is 8.72. The molecular formula is C10H18N2O4. The van der Waals surface area contributed by atoms with E-state index in [4.69, 9.17) is 15.6 Å². The van der Waals surface area contributed by atoms with Crippen molar-refractivity contribution in [3.8, 4) is 0 Å². The van der Waals surface area contributed by atoms with Gasteiger partial charge in [-0.05, 0) is 19.3 Å². The molecule has 6 heteroatoms. The standard InChI is InChI=1S/C10H18N2O4/c1-2-6-12-10(15)16-7-4-3-5-8(11)9(13)14/h2,8H,1,3-7,11H2,(H,12,15)(H,13,14)/t8-/m0/s1. The molecule has 1 amide bonds. The van der Waals surface area contributed by atoms with Crippen LogP contribution < -0.4 is 11.1 Å². The third-order valence-electron chi connectivity index (χ3n) is 1.85. The van der Waals surface area contributed by atoms with Crippen molar-refractivity contribution in [3.05, 3.63) is 12.7 Å². The van der Waals surface area contributed by atoms with Gasteiger partial charge in [0.1, 0.15) is 6.04 Å². The van der Waals surface area contributed by atoms with Crippen molar-refractivity contribution in [1.82, 2.24) is 5.32 Å². The minimum absolute atomic E-state index is 0.259. The molecular weight excluding hydrogens is 212 g/mol. The van der Waals surface area contributed by atoms with Gasteiger partial charge >= 0.3 is 12.1 Å². The summed E-state index contributed by atoms with van der Waals surface area (Å²) < 4.78 is 4.80. The number of carbonyl (C=O) groups excluding carboxylic acids is 1. The first-order valence-electron chi connectivity index (χ1n) is 5.07. The van der Waals surface area contributed by atoms with Crippen LogP contribution in [0.2, 0.25) is 0 Å². The fraction of sp³-hybridized carbons (Fsp3) is 0.600. The summed E-state index contributed by atoms with van der Waals surface area (Å²) >= 11 is 0. The summed E-state index contributed by atoms with van der Waals surface area (Å²) in [6, 6.07) is -0.838. The van der Waals surface area contributed by atoms with E-state index in [0.717, 1.165) is 0 Å². The lowest BCUT2D eigenvalue weighted by molar-refractivity contribution is -0.138. The Bertz CT molecular complexity index is 243. The maximum atomic E-state index is 10.9. The number of hydrogen-bond acceptors (Lipinski definition) is 4. The highest BCUT2D eigenvalue weighted by molar-refractivity contribution is 5.72. The molecule has 0 saturated heterocycles. The van der Waals surface area contributed by atoms with Crippen molar-refractivity contribution in [2.75, 3.05) is 13.2 Å². The number of nitrogens with one attached hydrogen (secondary N) is 1. The van der Waals surface area contributed by atoms with Crippen LogP contribution in [0.4, 0.5) is 4.79 Å². The van der Waals surface area contributed by atoms with Crippen LogP contribution in [-0.4, -0.2) is 36.4 Å². The van der Waals surface area contributed by atoms with Gasteiger partial charge in [0.05, 0.1) is 6.61 Å². The van der Waals surface area contributed by atoms with E-state index in [1.165, 1.54) is 0 Å². The average Bonchev–Trinajstić information content (AvgIpc) is 2.25. The van der Waals surface area contributed by atoms with Gasteiger partial charge in [-0.1, -0.05) is 6.08 Å². The van der Waals surface area contributed by atoms with Gasteiger partial charge in [-0.15, -0.1) is 6.58 Å². The van der Waals surface area contributed by atoms with Crippen LogP contribution in [0.5, 0.6) is 0 Å². The maximum absolute atomic E-state index is 10.9. The number of nitrogens with two attached hydrogens (primary N) is 1. The molecule has 0 fully saturated rings. The Kier molecular flexibility index (Phi) is 7.87. The molecule has 0 aromatic heterocycles. The molecule has 16 heavy (non-hydrogen) atoms. The maximum Gasteiger partial charge on any atom is 0.407 e. The third kappa shape index (κ3) is 7.81. The zero-order chi connectivity index (χ0) is 12.4. The SMILES string of the molecule is C=CCNC(=O)OCCCC[C@H](N)C(=O)O. The molecule has 0 aromatic carbocycles. The van der Waals surface area contributed by atoms with E-state index in [2.05, 4.69) is 11.9 Å². The molecule has 0 unspecified atom stereocenters. The van der Waals surface area contributed by atoms with Crippen LogP contribution in [0.15, 0.2) is 12.7 Å². The number of rotatable bonds is 8. The average molecular weight is 230 g/mol. The molecule has 6 nitrogen and oxygen atoms in total. The second-order valence-corrected chi connectivity index (χ2v) is 3.25. The Balaban J connectivity index is 3.36. The van der Waals surface area contributed by atoms with Crippen molar-refractivity contribution >= 4 is 12.1 Å². The first-order chi connectivity index (χ1) is 7.57. The number of alkyl carbamates (subject to hydrolysis) is 1. The van der Waals surface area contributed by atoms with Gasteiger partial charge in [0.15, 0.2) is 0 Å². The summed E-state index contributed by atoms with van der Waals surface area (Å²) in [7, 11) is 0. The molecule has 0 saturated carbocycles. The summed E-state index contributed by atoms with van der Waals surface area (Å²) in [5.41, 5.74) is 5.29. The lowest BCUT2D eigenvalue weighted by atomic mass is 10.1. The van der Waals surface area contributed by atoms with Gasteiger partial charge in [-0.25, -0.2) is 4.79 Å². The molecule has 0 aliphatic carbocycles. The van der Waals surface area contributed by atoms with Crippen LogP contribution >= 0.6 is 0 Å². The monoisotopic (exact) mass is 230 g/mol. The predicted molar refractivity (Wildman–Crippen MR) is 59.0 cm³/mol. The van der Waals surface area contributed by atoms with Gasteiger partial charge < -0.3 is 20.9 Å². The Morgan fingerprint density at radius 1 is 1.50 bits per heavy atom. The molecule has 0 bridgehead atoms. The number of carbonyl (C=O) groups is 2. The van der Waals surface area contributed by atoms with Gasteiger partial charge in [0.2, 0.25) is 0 Å². The topological polar surface area (TPSA) is 102 Å². The molecule has 1 atom stereocenters. The first-order valence-corrected chi connectivity index (χ1v) is 5.07. The zero-order valence-corrected chi connectivity index (χ0v) is 9.15.